The van der Waals surface area contributed by atoms with E-state index in [9.17, 15) is 14.7 Å². The predicted octanol–water partition coefficient (Wildman–Crippen LogP) is 3.09. The van der Waals surface area contributed by atoms with Crippen molar-refractivity contribution >= 4 is 11.9 Å². The molecule has 0 unspecified atom stereocenters. The van der Waals surface area contributed by atoms with Gasteiger partial charge < -0.3 is 10.0 Å². The van der Waals surface area contributed by atoms with Gasteiger partial charge in [0.05, 0.1) is 5.41 Å². The summed E-state index contributed by atoms with van der Waals surface area (Å²) in [7, 11) is 0. The lowest BCUT2D eigenvalue weighted by Crippen LogP contribution is -2.38. The van der Waals surface area contributed by atoms with Crippen LogP contribution in [0.2, 0.25) is 0 Å². The molecule has 0 saturated heterocycles. The number of rotatable bonds is 3. The lowest BCUT2D eigenvalue weighted by molar-refractivity contribution is -0.145. The molecule has 0 atom stereocenters. The van der Waals surface area contributed by atoms with Crippen molar-refractivity contribution < 1.29 is 14.7 Å². The largest absolute Gasteiger partial charge is 0.481 e. The molecular weight excluding hydrogens is 278 g/mol. The second-order valence-electron chi connectivity index (χ2n) is 6.98. The number of aliphatic carboxylic acids is 1. The lowest BCUT2D eigenvalue weighted by atomic mass is 9.69. The molecule has 0 spiro atoms. The molecule has 1 aromatic rings. The molecular formula is C18H21NO3. The van der Waals surface area contributed by atoms with Gasteiger partial charge in [-0.15, -0.1) is 0 Å². The number of carboxylic acids is 1. The van der Waals surface area contributed by atoms with Gasteiger partial charge >= 0.3 is 5.97 Å². The number of carboxylic acid groups (broad SMARTS) is 1. The molecule has 2 saturated carbocycles. The van der Waals surface area contributed by atoms with Gasteiger partial charge in [-0.05, 0) is 42.9 Å². The number of carbonyl (C=O) groups is 2. The van der Waals surface area contributed by atoms with Crippen LogP contribution in [0, 0.1) is 0 Å². The molecule has 3 aliphatic rings. The summed E-state index contributed by atoms with van der Waals surface area (Å²) in [5.74, 6) is -0.646. The zero-order valence-electron chi connectivity index (χ0n) is 12.7. The van der Waals surface area contributed by atoms with E-state index in [0.29, 0.717) is 25.4 Å². The van der Waals surface area contributed by atoms with E-state index in [4.69, 9.17) is 0 Å². The second-order valence-corrected chi connectivity index (χ2v) is 6.98. The molecule has 1 N–H and O–H groups in total. The first-order valence-corrected chi connectivity index (χ1v) is 8.30. The Hall–Kier alpha value is -1.84. The van der Waals surface area contributed by atoms with Crippen LogP contribution in [0.25, 0.3) is 0 Å². The number of hydrogen-bond donors (Lipinski definition) is 1. The van der Waals surface area contributed by atoms with E-state index in [1.165, 1.54) is 0 Å². The predicted molar refractivity (Wildman–Crippen MR) is 81.7 cm³/mol. The smallest absolute Gasteiger partial charge is 0.314 e. The van der Waals surface area contributed by atoms with E-state index in [1.807, 2.05) is 23.1 Å². The number of carbonyl (C=O) groups excluding carboxylic acids is 1. The van der Waals surface area contributed by atoms with Crippen molar-refractivity contribution in [3.63, 3.8) is 0 Å². The average molecular weight is 299 g/mol. The standard InChI is InChI=1S/C18H21NO3/c20-16-15-10-13(18(17(21)22)8-2-1-3-9-18)5-4-12(15)11-19(16)14-6-7-14/h4-5,10,14H,1-3,6-9,11H2,(H,21,22). The number of hydrogen-bond acceptors (Lipinski definition) is 2. The Morgan fingerprint density at radius 3 is 2.55 bits per heavy atom. The maximum Gasteiger partial charge on any atom is 0.314 e. The maximum atomic E-state index is 12.6. The quantitative estimate of drug-likeness (QED) is 0.933. The van der Waals surface area contributed by atoms with Crippen molar-refractivity contribution in [2.45, 2.75) is 62.9 Å². The monoisotopic (exact) mass is 299 g/mol. The molecule has 0 bridgehead atoms. The molecule has 116 valence electrons. The minimum absolute atomic E-state index is 0.0932. The first kappa shape index (κ1) is 13.8. The first-order chi connectivity index (χ1) is 10.6. The highest BCUT2D eigenvalue weighted by molar-refractivity contribution is 5.99. The van der Waals surface area contributed by atoms with E-state index in [-0.39, 0.29) is 5.91 Å². The number of benzene rings is 1. The van der Waals surface area contributed by atoms with E-state index >= 15 is 0 Å². The molecule has 0 aromatic heterocycles. The zero-order valence-corrected chi connectivity index (χ0v) is 12.7. The number of fused-ring (bicyclic) bond motifs is 1. The average Bonchev–Trinajstić information content (AvgIpc) is 3.32. The van der Waals surface area contributed by atoms with Crippen LogP contribution in [-0.2, 0) is 16.8 Å². The van der Waals surface area contributed by atoms with Gasteiger partial charge in [0.2, 0.25) is 0 Å². The van der Waals surface area contributed by atoms with Crippen molar-refractivity contribution in [1.82, 2.24) is 4.90 Å². The Kier molecular flexibility index (Phi) is 3.03. The van der Waals surface area contributed by atoms with E-state index in [0.717, 1.165) is 48.8 Å². The van der Waals surface area contributed by atoms with Crippen LogP contribution in [-0.4, -0.2) is 27.9 Å². The van der Waals surface area contributed by atoms with Gasteiger partial charge in [-0.2, -0.15) is 0 Å². The van der Waals surface area contributed by atoms with Crippen LogP contribution >= 0.6 is 0 Å². The van der Waals surface area contributed by atoms with Gasteiger partial charge in [-0.25, -0.2) is 0 Å². The Bertz CT molecular complexity index is 642. The molecule has 4 rings (SSSR count). The van der Waals surface area contributed by atoms with Crippen LogP contribution in [0.15, 0.2) is 18.2 Å². The molecule has 22 heavy (non-hydrogen) atoms. The molecule has 2 aliphatic carbocycles. The topological polar surface area (TPSA) is 57.6 Å². The molecule has 4 heteroatoms. The summed E-state index contributed by atoms with van der Waals surface area (Å²) in [4.78, 5) is 26.5. The summed E-state index contributed by atoms with van der Waals surface area (Å²) in [6.45, 7) is 0.694. The van der Waals surface area contributed by atoms with Gasteiger partial charge in [0, 0.05) is 18.2 Å². The van der Waals surface area contributed by atoms with Crippen LogP contribution in [0.5, 0.6) is 0 Å². The summed E-state index contributed by atoms with van der Waals surface area (Å²) < 4.78 is 0. The zero-order chi connectivity index (χ0) is 15.3. The van der Waals surface area contributed by atoms with Crippen molar-refractivity contribution in [2.24, 2.45) is 0 Å². The molecule has 0 radical (unpaired) electrons. The summed E-state index contributed by atoms with van der Waals surface area (Å²) in [5, 5.41) is 9.81. The highest BCUT2D eigenvalue weighted by atomic mass is 16.4. The van der Waals surface area contributed by atoms with Crippen LogP contribution in [0.3, 0.4) is 0 Å². The summed E-state index contributed by atoms with van der Waals surface area (Å²) in [5.41, 5.74) is 1.82. The molecule has 4 nitrogen and oxygen atoms in total. The summed E-state index contributed by atoms with van der Waals surface area (Å²) >= 11 is 0. The molecule has 1 aromatic carbocycles. The van der Waals surface area contributed by atoms with E-state index in [1.54, 1.807) is 0 Å². The minimum atomic E-state index is -0.791. The first-order valence-electron chi connectivity index (χ1n) is 8.30. The molecule has 2 fully saturated rings. The van der Waals surface area contributed by atoms with Crippen molar-refractivity contribution in [1.29, 1.82) is 0 Å². The Morgan fingerprint density at radius 1 is 1.18 bits per heavy atom. The van der Waals surface area contributed by atoms with E-state index < -0.39 is 11.4 Å². The molecule has 1 aliphatic heterocycles. The van der Waals surface area contributed by atoms with Crippen LogP contribution in [0.4, 0.5) is 0 Å². The highest BCUT2D eigenvalue weighted by Crippen LogP contribution is 2.42. The van der Waals surface area contributed by atoms with E-state index in [2.05, 4.69) is 0 Å². The van der Waals surface area contributed by atoms with Crippen molar-refractivity contribution in [3.8, 4) is 0 Å². The minimum Gasteiger partial charge on any atom is -0.481 e. The fourth-order valence-electron chi connectivity index (χ4n) is 4.08. The Morgan fingerprint density at radius 2 is 1.91 bits per heavy atom. The SMILES string of the molecule is O=C1c2cc(C3(C(=O)O)CCCCC3)ccc2CN1C1CC1. The molecule has 1 heterocycles. The van der Waals surface area contributed by atoms with Gasteiger partial charge in [-0.1, -0.05) is 31.4 Å². The van der Waals surface area contributed by atoms with Crippen LogP contribution in [0.1, 0.15) is 66.4 Å². The fraction of sp³-hybridized carbons (Fsp3) is 0.556. The highest BCUT2D eigenvalue weighted by Gasteiger charge is 2.43. The van der Waals surface area contributed by atoms with Gasteiger partial charge in [0.15, 0.2) is 0 Å². The molecule has 1 amide bonds. The number of amides is 1. The lowest BCUT2D eigenvalue weighted by Gasteiger charge is -2.33. The maximum absolute atomic E-state index is 12.6. The third-order valence-electron chi connectivity index (χ3n) is 5.60. The Labute approximate surface area is 130 Å². The Balaban J connectivity index is 1.72. The second kappa shape index (κ2) is 4.83. The third kappa shape index (κ3) is 1.97. The van der Waals surface area contributed by atoms with Gasteiger partial charge in [0.25, 0.3) is 5.91 Å². The van der Waals surface area contributed by atoms with Crippen molar-refractivity contribution in [3.05, 3.63) is 34.9 Å². The summed E-state index contributed by atoms with van der Waals surface area (Å²) in [6.07, 6.45) is 6.58. The van der Waals surface area contributed by atoms with Crippen LogP contribution < -0.4 is 0 Å². The number of nitrogens with zero attached hydrogens (tertiary/aromatic N) is 1. The third-order valence-corrected chi connectivity index (χ3v) is 5.60. The van der Waals surface area contributed by atoms with Crippen molar-refractivity contribution in [2.75, 3.05) is 0 Å². The fourth-order valence-corrected chi connectivity index (χ4v) is 4.08. The van der Waals surface area contributed by atoms with Gasteiger partial charge in [0.1, 0.15) is 0 Å². The normalized spacial score (nSPS) is 23.5. The van der Waals surface area contributed by atoms with Gasteiger partial charge in [-0.3, -0.25) is 9.59 Å². The summed E-state index contributed by atoms with van der Waals surface area (Å²) in [6, 6.07) is 6.21.